The van der Waals surface area contributed by atoms with Crippen LogP contribution >= 0.6 is 0 Å². The number of rotatable bonds is 7. The lowest BCUT2D eigenvalue weighted by Crippen LogP contribution is -2.43. The highest BCUT2D eigenvalue weighted by molar-refractivity contribution is 5.44. The van der Waals surface area contributed by atoms with Crippen LogP contribution in [0.3, 0.4) is 0 Å². The van der Waals surface area contributed by atoms with Crippen LogP contribution in [-0.2, 0) is 4.74 Å². The van der Waals surface area contributed by atoms with Crippen LogP contribution in [0.5, 0.6) is 0 Å². The number of nitrogens with zero attached hydrogens (tertiary/aromatic N) is 2. The highest BCUT2D eigenvalue weighted by Gasteiger charge is 2.20. The summed E-state index contributed by atoms with van der Waals surface area (Å²) in [6.45, 7) is 4.81. The van der Waals surface area contributed by atoms with Gasteiger partial charge in [0.1, 0.15) is 0 Å². The Morgan fingerprint density at radius 1 is 1.35 bits per heavy atom. The van der Waals surface area contributed by atoms with Gasteiger partial charge in [0.25, 0.3) is 0 Å². The summed E-state index contributed by atoms with van der Waals surface area (Å²) in [6, 6.07) is 10.5. The summed E-state index contributed by atoms with van der Waals surface area (Å²) >= 11 is 0. The Kier molecular flexibility index (Phi) is 6.30. The molecule has 0 amide bonds. The molecule has 0 saturated carbocycles. The van der Waals surface area contributed by atoms with E-state index in [0.29, 0.717) is 6.61 Å². The van der Waals surface area contributed by atoms with Gasteiger partial charge in [0.15, 0.2) is 0 Å². The van der Waals surface area contributed by atoms with Crippen molar-refractivity contribution < 1.29 is 9.84 Å². The quantitative estimate of drug-likeness (QED) is 0.822. The van der Waals surface area contributed by atoms with E-state index in [4.69, 9.17) is 9.84 Å². The van der Waals surface area contributed by atoms with Crippen molar-refractivity contribution >= 4 is 5.69 Å². The zero-order chi connectivity index (χ0) is 14.2. The van der Waals surface area contributed by atoms with E-state index in [-0.39, 0.29) is 12.7 Å². The minimum atomic E-state index is 0.118. The molecule has 0 radical (unpaired) electrons. The van der Waals surface area contributed by atoms with Crippen molar-refractivity contribution in [3.8, 4) is 0 Å². The SMILES string of the molecule is CN(CCN1CCCC(OCCO)C1)c1ccccc1. The highest BCUT2D eigenvalue weighted by atomic mass is 16.5. The number of benzene rings is 1. The lowest BCUT2D eigenvalue weighted by Gasteiger charge is -2.33. The molecular formula is C16H26N2O2. The topological polar surface area (TPSA) is 35.9 Å². The predicted molar refractivity (Wildman–Crippen MR) is 82.2 cm³/mol. The molecule has 1 fully saturated rings. The fourth-order valence-corrected chi connectivity index (χ4v) is 2.67. The second-order valence-corrected chi connectivity index (χ2v) is 5.42. The maximum Gasteiger partial charge on any atom is 0.0703 e. The number of aliphatic hydroxyl groups is 1. The van der Waals surface area contributed by atoms with E-state index in [1.165, 1.54) is 12.1 Å². The molecule has 4 heteroatoms. The monoisotopic (exact) mass is 278 g/mol. The van der Waals surface area contributed by atoms with E-state index >= 15 is 0 Å². The standard InChI is InChI=1S/C16H26N2O2/c1-17(15-6-3-2-4-7-15)10-11-18-9-5-8-16(14-18)20-13-12-19/h2-4,6-7,16,19H,5,8-14H2,1H3. The van der Waals surface area contributed by atoms with Gasteiger partial charge in [0, 0.05) is 32.4 Å². The van der Waals surface area contributed by atoms with E-state index in [9.17, 15) is 0 Å². The molecule has 1 aliphatic rings. The van der Waals surface area contributed by atoms with Gasteiger partial charge in [0.2, 0.25) is 0 Å². The molecule has 0 aliphatic carbocycles. The summed E-state index contributed by atoms with van der Waals surface area (Å²) < 4.78 is 5.65. The first kappa shape index (κ1) is 15.3. The Balaban J connectivity index is 1.73. The first-order valence-corrected chi connectivity index (χ1v) is 7.50. The van der Waals surface area contributed by atoms with Crippen molar-refractivity contribution in [3.63, 3.8) is 0 Å². The van der Waals surface area contributed by atoms with E-state index in [1.807, 2.05) is 6.07 Å². The summed E-state index contributed by atoms with van der Waals surface area (Å²) in [5.41, 5.74) is 1.26. The average Bonchev–Trinajstić information content (AvgIpc) is 2.52. The molecule has 1 unspecified atom stereocenters. The molecule has 1 N–H and O–H groups in total. The van der Waals surface area contributed by atoms with Gasteiger partial charge in [-0.25, -0.2) is 0 Å². The zero-order valence-corrected chi connectivity index (χ0v) is 12.4. The van der Waals surface area contributed by atoms with Gasteiger partial charge < -0.3 is 14.7 Å². The van der Waals surface area contributed by atoms with Gasteiger partial charge in [-0.3, -0.25) is 4.90 Å². The first-order chi connectivity index (χ1) is 9.79. The molecule has 0 aromatic heterocycles. The third-order valence-electron chi connectivity index (χ3n) is 3.86. The Bertz CT molecular complexity index is 372. The predicted octanol–water partition coefficient (Wildman–Crippen LogP) is 1.60. The highest BCUT2D eigenvalue weighted by Crippen LogP contribution is 2.14. The minimum absolute atomic E-state index is 0.118. The zero-order valence-electron chi connectivity index (χ0n) is 12.4. The number of likely N-dealkylation sites (N-methyl/N-ethyl adjacent to an activating group) is 1. The Morgan fingerprint density at radius 3 is 2.90 bits per heavy atom. The normalized spacial score (nSPS) is 20.0. The van der Waals surface area contributed by atoms with Crippen LogP contribution in [0, 0.1) is 0 Å². The second kappa shape index (κ2) is 8.25. The number of piperidine rings is 1. The lowest BCUT2D eigenvalue weighted by atomic mass is 10.1. The van der Waals surface area contributed by atoms with Crippen molar-refractivity contribution in [1.82, 2.24) is 4.90 Å². The number of para-hydroxylation sites is 1. The molecule has 0 bridgehead atoms. The number of hydrogen-bond acceptors (Lipinski definition) is 4. The number of aliphatic hydroxyl groups excluding tert-OH is 1. The fourth-order valence-electron chi connectivity index (χ4n) is 2.67. The third-order valence-corrected chi connectivity index (χ3v) is 3.86. The van der Waals surface area contributed by atoms with E-state index in [0.717, 1.165) is 32.6 Å². The Morgan fingerprint density at radius 2 is 2.15 bits per heavy atom. The number of hydrogen-bond donors (Lipinski definition) is 1. The number of anilines is 1. The largest absolute Gasteiger partial charge is 0.394 e. The van der Waals surface area contributed by atoms with Gasteiger partial charge in [-0.15, -0.1) is 0 Å². The van der Waals surface area contributed by atoms with Crippen LogP contribution in [0.25, 0.3) is 0 Å². The molecule has 4 nitrogen and oxygen atoms in total. The van der Waals surface area contributed by atoms with Crippen LogP contribution in [-0.4, -0.2) is 62.6 Å². The van der Waals surface area contributed by atoms with E-state index in [2.05, 4.69) is 41.1 Å². The maximum absolute atomic E-state index is 8.82. The van der Waals surface area contributed by atoms with Gasteiger partial charge in [0.05, 0.1) is 19.3 Å². The van der Waals surface area contributed by atoms with Crippen molar-refractivity contribution in [2.24, 2.45) is 0 Å². The van der Waals surface area contributed by atoms with Gasteiger partial charge in [-0.1, -0.05) is 18.2 Å². The van der Waals surface area contributed by atoms with Crippen LogP contribution in [0.1, 0.15) is 12.8 Å². The van der Waals surface area contributed by atoms with E-state index in [1.54, 1.807) is 0 Å². The third kappa shape index (κ3) is 4.78. The molecule has 1 aromatic rings. The molecule has 1 atom stereocenters. The average molecular weight is 278 g/mol. The van der Waals surface area contributed by atoms with Gasteiger partial charge in [-0.05, 0) is 31.5 Å². The molecular weight excluding hydrogens is 252 g/mol. The molecule has 2 rings (SSSR count). The number of likely N-dealkylation sites (tertiary alicyclic amines) is 1. The van der Waals surface area contributed by atoms with Gasteiger partial charge >= 0.3 is 0 Å². The van der Waals surface area contributed by atoms with Crippen molar-refractivity contribution in [1.29, 1.82) is 0 Å². The fraction of sp³-hybridized carbons (Fsp3) is 0.625. The molecule has 1 saturated heterocycles. The molecule has 1 aromatic carbocycles. The smallest absolute Gasteiger partial charge is 0.0703 e. The summed E-state index contributed by atoms with van der Waals surface area (Å²) in [5.74, 6) is 0. The van der Waals surface area contributed by atoms with Gasteiger partial charge in [-0.2, -0.15) is 0 Å². The summed E-state index contributed by atoms with van der Waals surface area (Å²) in [7, 11) is 2.14. The summed E-state index contributed by atoms with van der Waals surface area (Å²) in [6.07, 6.45) is 2.59. The molecule has 112 valence electrons. The number of ether oxygens (including phenoxy) is 1. The second-order valence-electron chi connectivity index (χ2n) is 5.42. The van der Waals surface area contributed by atoms with Crippen molar-refractivity contribution in [2.45, 2.75) is 18.9 Å². The van der Waals surface area contributed by atoms with Crippen LogP contribution in [0.2, 0.25) is 0 Å². The van der Waals surface area contributed by atoms with Crippen LogP contribution < -0.4 is 4.90 Å². The van der Waals surface area contributed by atoms with Crippen molar-refractivity contribution in [2.75, 3.05) is 51.3 Å². The van der Waals surface area contributed by atoms with E-state index < -0.39 is 0 Å². The first-order valence-electron chi connectivity index (χ1n) is 7.50. The minimum Gasteiger partial charge on any atom is -0.394 e. The Labute approximate surface area is 122 Å². The maximum atomic E-state index is 8.82. The van der Waals surface area contributed by atoms with Crippen LogP contribution in [0.15, 0.2) is 30.3 Å². The van der Waals surface area contributed by atoms with Crippen molar-refractivity contribution in [3.05, 3.63) is 30.3 Å². The molecule has 20 heavy (non-hydrogen) atoms. The lowest BCUT2D eigenvalue weighted by molar-refractivity contribution is -0.0137. The molecule has 1 heterocycles. The summed E-state index contributed by atoms with van der Waals surface area (Å²) in [5, 5.41) is 8.82. The molecule has 0 spiro atoms. The Hall–Kier alpha value is -1.10. The van der Waals surface area contributed by atoms with Crippen LogP contribution in [0.4, 0.5) is 5.69 Å². The summed E-state index contributed by atoms with van der Waals surface area (Å²) in [4.78, 5) is 4.75. The molecule has 1 aliphatic heterocycles.